The van der Waals surface area contributed by atoms with Gasteiger partial charge in [0.1, 0.15) is 17.6 Å². The summed E-state index contributed by atoms with van der Waals surface area (Å²) in [5.41, 5.74) is 2.94. The predicted octanol–water partition coefficient (Wildman–Crippen LogP) is 3.45. The van der Waals surface area contributed by atoms with E-state index in [1.807, 2.05) is 30.3 Å². The third kappa shape index (κ3) is 5.03. The van der Waals surface area contributed by atoms with E-state index in [1.165, 1.54) is 12.1 Å². The molecule has 11 heteroatoms. The molecule has 0 aliphatic carbocycles. The first-order valence-electron chi connectivity index (χ1n) is 10.1. The highest BCUT2D eigenvalue weighted by molar-refractivity contribution is 5.83. The van der Waals surface area contributed by atoms with Crippen LogP contribution in [0.15, 0.2) is 69.0 Å². The van der Waals surface area contributed by atoms with Gasteiger partial charge in [-0.1, -0.05) is 47.6 Å². The smallest absolute Gasteiger partial charge is 0.354 e. The van der Waals surface area contributed by atoms with E-state index in [9.17, 15) is 22.8 Å². The summed E-state index contributed by atoms with van der Waals surface area (Å²) in [6.45, 7) is 1.16. The van der Waals surface area contributed by atoms with E-state index in [0.717, 1.165) is 28.6 Å². The van der Waals surface area contributed by atoms with Crippen molar-refractivity contribution in [3.8, 4) is 0 Å². The van der Waals surface area contributed by atoms with Crippen molar-refractivity contribution in [2.24, 2.45) is 5.10 Å². The Morgan fingerprint density at radius 3 is 2.68 bits per heavy atom. The summed E-state index contributed by atoms with van der Waals surface area (Å²) in [6.07, 6.45) is -3.06. The number of fused-ring (bicyclic) bond motifs is 1. The summed E-state index contributed by atoms with van der Waals surface area (Å²) >= 11 is 0. The molecule has 0 bridgehead atoms. The van der Waals surface area contributed by atoms with Crippen molar-refractivity contribution >= 4 is 23.1 Å². The van der Waals surface area contributed by atoms with E-state index in [-0.39, 0.29) is 16.5 Å². The van der Waals surface area contributed by atoms with Gasteiger partial charge in [0.15, 0.2) is 5.58 Å². The van der Waals surface area contributed by atoms with Gasteiger partial charge in [0.2, 0.25) is 0 Å². The Labute approximate surface area is 190 Å². The highest BCUT2D eigenvalue weighted by Gasteiger charge is 2.30. The van der Waals surface area contributed by atoms with E-state index in [4.69, 9.17) is 4.52 Å². The van der Waals surface area contributed by atoms with E-state index in [0.29, 0.717) is 17.8 Å². The molecule has 0 atom stereocenters. The molecule has 34 heavy (non-hydrogen) atoms. The van der Waals surface area contributed by atoms with Gasteiger partial charge in [-0.05, 0) is 30.2 Å². The van der Waals surface area contributed by atoms with Crippen molar-refractivity contribution in [1.29, 1.82) is 0 Å². The van der Waals surface area contributed by atoms with Gasteiger partial charge in [-0.25, -0.2) is 10.1 Å². The van der Waals surface area contributed by atoms with Crippen LogP contribution in [0.25, 0.3) is 11.0 Å². The average molecular weight is 469 g/mol. The zero-order chi connectivity index (χ0) is 24.3. The first kappa shape index (κ1) is 22.9. The third-order valence-corrected chi connectivity index (χ3v) is 4.94. The summed E-state index contributed by atoms with van der Waals surface area (Å²) in [4.78, 5) is 25.2. The number of carbonyl (C=O) groups excluding carboxylic acids is 1. The molecule has 0 unspecified atom stereocenters. The Bertz CT molecular complexity index is 1430. The van der Waals surface area contributed by atoms with Crippen molar-refractivity contribution in [1.82, 2.24) is 20.4 Å². The predicted molar refractivity (Wildman–Crippen MR) is 117 cm³/mol. The second-order valence-corrected chi connectivity index (χ2v) is 7.46. The fourth-order valence-corrected chi connectivity index (χ4v) is 3.34. The van der Waals surface area contributed by atoms with Gasteiger partial charge in [0, 0.05) is 6.42 Å². The zero-order valence-electron chi connectivity index (χ0n) is 17.8. The Hall–Kier alpha value is -4.28. The molecule has 8 nitrogen and oxygen atoms in total. The fraction of sp³-hybridized carbons (Fsp3) is 0.174. The first-order valence-corrected chi connectivity index (χ1v) is 10.1. The number of aromatic nitrogens is 3. The highest BCUT2D eigenvalue weighted by atomic mass is 19.4. The Kier molecular flexibility index (Phi) is 6.26. The van der Waals surface area contributed by atoms with Crippen molar-refractivity contribution in [2.75, 3.05) is 0 Å². The van der Waals surface area contributed by atoms with Crippen LogP contribution in [-0.2, 0) is 23.9 Å². The number of hydrogen-bond donors (Lipinski definition) is 1. The molecule has 0 fully saturated rings. The summed E-state index contributed by atoms with van der Waals surface area (Å²) in [6, 6.07) is 13.9. The van der Waals surface area contributed by atoms with Gasteiger partial charge in [-0.3, -0.25) is 9.59 Å². The minimum Gasteiger partial charge on any atom is -0.354 e. The van der Waals surface area contributed by atoms with E-state index < -0.39 is 29.8 Å². The molecule has 4 rings (SSSR count). The molecule has 174 valence electrons. The molecule has 2 aromatic heterocycles. The van der Waals surface area contributed by atoms with Crippen LogP contribution in [0.5, 0.6) is 0 Å². The zero-order valence-corrected chi connectivity index (χ0v) is 17.8. The van der Waals surface area contributed by atoms with Crippen LogP contribution in [0.3, 0.4) is 0 Å². The number of benzene rings is 2. The quantitative estimate of drug-likeness (QED) is 0.344. The van der Waals surface area contributed by atoms with Crippen LogP contribution in [0.1, 0.15) is 28.1 Å². The van der Waals surface area contributed by atoms with E-state index in [1.54, 1.807) is 6.92 Å². The molecular weight excluding hydrogens is 451 g/mol. The Balaban J connectivity index is 1.54. The van der Waals surface area contributed by atoms with Crippen molar-refractivity contribution in [3.63, 3.8) is 0 Å². The standard InChI is InChI=1S/C23H18F3N5O3/c1-14-20-21(34-30-14)18(11-15-6-3-2-4-7-15)29-31(22(20)33)13-19(32)28-27-12-16-8-5-9-17(10-16)23(24,25)26/h2-10,12H,11,13H2,1H3,(H,28,32)/b27-12+. The maximum atomic E-state index is 12.9. The second-order valence-electron chi connectivity index (χ2n) is 7.46. The lowest BCUT2D eigenvalue weighted by Crippen LogP contribution is -2.32. The molecule has 0 aliphatic rings. The van der Waals surface area contributed by atoms with Gasteiger partial charge >= 0.3 is 6.18 Å². The Morgan fingerprint density at radius 1 is 1.18 bits per heavy atom. The fourth-order valence-electron chi connectivity index (χ4n) is 3.34. The lowest BCUT2D eigenvalue weighted by atomic mass is 10.1. The number of alkyl halides is 3. The van der Waals surface area contributed by atoms with Gasteiger partial charge < -0.3 is 4.52 Å². The lowest BCUT2D eigenvalue weighted by molar-refractivity contribution is -0.137. The molecule has 2 aromatic carbocycles. The molecule has 1 amide bonds. The molecule has 1 N–H and O–H groups in total. The highest BCUT2D eigenvalue weighted by Crippen LogP contribution is 2.29. The minimum absolute atomic E-state index is 0.150. The molecular formula is C23H18F3N5O3. The minimum atomic E-state index is -4.49. The molecule has 0 saturated heterocycles. The lowest BCUT2D eigenvalue weighted by Gasteiger charge is -2.08. The largest absolute Gasteiger partial charge is 0.416 e. The van der Waals surface area contributed by atoms with Gasteiger partial charge in [0.05, 0.1) is 17.5 Å². The maximum absolute atomic E-state index is 12.9. The summed E-state index contributed by atoms with van der Waals surface area (Å²) in [7, 11) is 0. The van der Waals surface area contributed by atoms with Gasteiger partial charge in [-0.15, -0.1) is 0 Å². The normalized spacial score (nSPS) is 11.9. The number of amides is 1. The Morgan fingerprint density at radius 2 is 1.94 bits per heavy atom. The summed E-state index contributed by atoms with van der Waals surface area (Å²) in [5.74, 6) is -0.683. The number of halogens is 3. The van der Waals surface area contributed by atoms with Crippen molar-refractivity contribution < 1.29 is 22.5 Å². The number of hydrogen-bond acceptors (Lipinski definition) is 6. The van der Waals surface area contributed by atoms with Crippen LogP contribution < -0.4 is 11.0 Å². The molecule has 4 aromatic rings. The van der Waals surface area contributed by atoms with Crippen LogP contribution in [0.4, 0.5) is 13.2 Å². The number of nitrogens with one attached hydrogen (secondary N) is 1. The SMILES string of the molecule is Cc1noc2c(Cc3ccccc3)nn(CC(=O)N/N=C/c3cccc(C(F)(F)F)c3)c(=O)c12. The van der Waals surface area contributed by atoms with Crippen LogP contribution in [0.2, 0.25) is 0 Å². The number of nitrogens with zero attached hydrogens (tertiary/aromatic N) is 4. The number of carbonyl (C=O) groups is 1. The van der Waals surface area contributed by atoms with Crippen LogP contribution >= 0.6 is 0 Å². The number of rotatable bonds is 6. The molecule has 0 aliphatic heterocycles. The van der Waals surface area contributed by atoms with Gasteiger partial charge in [0.25, 0.3) is 11.5 Å². The molecule has 0 spiro atoms. The van der Waals surface area contributed by atoms with Crippen LogP contribution in [0, 0.1) is 6.92 Å². The maximum Gasteiger partial charge on any atom is 0.416 e. The number of aryl methyl sites for hydroxylation is 1. The first-order chi connectivity index (χ1) is 16.2. The summed E-state index contributed by atoms with van der Waals surface area (Å²) < 4.78 is 44.8. The topological polar surface area (TPSA) is 102 Å². The molecule has 0 saturated carbocycles. The van der Waals surface area contributed by atoms with Crippen molar-refractivity contribution in [3.05, 3.63) is 93.0 Å². The third-order valence-electron chi connectivity index (χ3n) is 4.94. The number of hydrazone groups is 1. The van der Waals surface area contributed by atoms with E-state index in [2.05, 4.69) is 20.8 Å². The molecule has 0 radical (unpaired) electrons. The van der Waals surface area contributed by atoms with Crippen molar-refractivity contribution in [2.45, 2.75) is 26.1 Å². The summed E-state index contributed by atoms with van der Waals surface area (Å²) in [5, 5.41) is 12.0. The second kappa shape index (κ2) is 9.30. The monoisotopic (exact) mass is 469 g/mol. The molecule has 2 heterocycles. The van der Waals surface area contributed by atoms with Crippen LogP contribution in [-0.4, -0.2) is 27.1 Å². The average Bonchev–Trinajstić information content (AvgIpc) is 3.19. The van der Waals surface area contributed by atoms with E-state index >= 15 is 0 Å². The van der Waals surface area contributed by atoms with Gasteiger partial charge in [-0.2, -0.15) is 23.4 Å².